The summed E-state index contributed by atoms with van der Waals surface area (Å²) in [7, 11) is 1.47. The van der Waals surface area contributed by atoms with Crippen molar-refractivity contribution in [2.24, 2.45) is 0 Å². The van der Waals surface area contributed by atoms with Crippen LogP contribution in [-0.4, -0.2) is 0 Å². The van der Waals surface area contributed by atoms with E-state index in [0.717, 1.165) is 6.98 Å². The van der Waals surface area contributed by atoms with Gasteiger partial charge < -0.3 is 4.61 Å². The SMILES string of the molecule is N#[S-]1PS1. The number of rotatable bonds is 0. The second-order valence-electron chi connectivity index (χ2n) is 0.416. The van der Waals surface area contributed by atoms with Crippen LogP contribution in [0.4, 0.5) is 0 Å². The topological polar surface area (TPSA) is 23.8 Å². The molecule has 0 aromatic heterocycles. The summed E-state index contributed by atoms with van der Waals surface area (Å²) >= 11 is 0. The van der Waals surface area contributed by atoms with Crippen molar-refractivity contribution in [3.63, 3.8) is 0 Å². The van der Waals surface area contributed by atoms with Gasteiger partial charge >= 0.3 is 0 Å². The molecule has 1 aliphatic heterocycles. The van der Waals surface area contributed by atoms with Gasteiger partial charge in [-0.2, -0.15) is 6.98 Å². The Morgan fingerprint density at radius 1 is 2.00 bits per heavy atom. The van der Waals surface area contributed by atoms with Crippen molar-refractivity contribution in [2.45, 2.75) is 0 Å². The summed E-state index contributed by atoms with van der Waals surface area (Å²) in [6, 6.07) is 0. The molecule has 0 saturated carbocycles. The highest BCUT2D eigenvalue weighted by Gasteiger charge is 1.84. The molecule has 0 amide bonds. The Hall–Kier alpha value is 0.840. The molecule has 0 radical (unpaired) electrons. The lowest BCUT2D eigenvalue weighted by atomic mass is 14.0. The van der Waals surface area contributed by atoms with Gasteiger partial charge in [-0.15, -0.1) is 0 Å². The molecule has 4 heavy (non-hydrogen) atoms. The molecular formula is HNPS2-. The molecule has 0 spiro atoms. The van der Waals surface area contributed by atoms with E-state index in [0.29, 0.717) is 0 Å². The first-order valence-corrected chi connectivity index (χ1v) is 5.72. The number of hydrogen-bond donors (Lipinski definition) is 0. The van der Waals surface area contributed by atoms with Crippen LogP contribution in [0.3, 0.4) is 0 Å². The normalized spacial score (nSPS) is 31.8. The van der Waals surface area contributed by atoms with Gasteiger partial charge in [0.25, 0.3) is 0 Å². The van der Waals surface area contributed by atoms with E-state index in [4.69, 9.17) is 4.61 Å². The minimum atomic E-state index is -0.167. The number of nitrogens with zero attached hydrogens (tertiary/aromatic N) is 1. The molecule has 1 unspecified atom stereocenters. The van der Waals surface area contributed by atoms with E-state index in [1.54, 1.807) is 10.4 Å². The fraction of sp³-hybridized carbons (Fsp3) is 0. The Bertz CT molecular complexity index is 69.8. The minimum Gasteiger partial charge on any atom is -0.416 e. The fourth-order valence-electron chi connectivity index (χ4n) is 0.0152. The first-order chi connectivity index (χ1) is 1.89. The molecule has 0 aliphatic carbocycles. The Kier molecular flexibility index (Phi) is 0.692. The second kappa shape index (κ2) is 0.908. The fourth-order valence-corrected chi connectivity index (χ4v) is 1.23. The van der Waals surface area contributed by atoms with Gasteiger partial charge in [-0.05, 0) is 0 Å². The van der Waals surface area contributed by atoms with Gasteiger partial charge in [0.15, 0.2) is 0 Å². The molecule has 1 fully saturated rings. The molecule has 0 aromatic rings. The van der Waals surface area contributed by atoms with E-state index in [2.05, 4.69) is 0 Å². The molecule has 1 saturated heterocycles. The maximum absolute atomic E-state index is 8.17. The van der Waals surface area contributed by atoms with Crippen molar-refractivity contribution in [3.8, 4) is 0 Å². The van der Waals surface area contributed by atoms with Crippen LogP contribution in [0.25, 0.3) is 0 Å². The van der Waals surface area contributed by atoms with E-state index < -0.39 is 0 Å². The third-order valence-electron chi connectivity index (χ3n) is 0.158. The standard InChI is InChI=1S/HNPS2/c1-4-2-3-4/h2H/q-1. The number of hydrogen-bond acceptors (Lipinski definition) is 3. The highest BCUT2D eigenvalue weighted by Crippen LogP contribution is 2.58. The maximum Gasteiger partial charge on any atom is -0.155 e. The van der Waals surface area contributed by atoms with Crippen LogP contribution in [0.5, 0.6) is 0 Å². The van der Waals surface area contributed by atoms with E-state index in [9.17, 15) is 0 Å². The Morgan fingerprint density at radius 3 is 2.25 bits per heavy atom. The van der Waals surface area contributed by atoms with Crippen LogP contribution in [0.1, 0.15) is 0 Å². The summed E-state index contributed by atoms with van der Waals surface area (Å²) in [6.45, 7) is 0.807. The van der Waals surface area contributed by atoms with E-state index in [1.807, 2.05) is 0 Å². The van der Waals surface area contributed by atoms with Gasteiger partial charge in [-0.1, -0.05) is 0 Å². The van der Waals surface area contributed by atoms with Crippen molar-refractivity contribution < 1.29 is 0 Å². The predicted molar refractivity (Wildman–Crippen MR) is 25.0 cm³/mol. The van der Waals surface area contributed by atoms with Crippen LogP contribution < -0.4 is 0 Å². The summed E-state index contributed by atoms with van der Waals surface area (Å²) in [5, 5.41) is 0. The zero-order valence-corrected chi connectivity index (χ0v) is 4.40. The average molecular weight is 110 g/mol. The molecule has 1 atom stereocenters. The van der Waals surface area contributed by atoms with Gasteiger partial charge in [0, 0.05) is 0 Å². The first kappa shape index (κ1) is 3.05. The molecule has 0 aromatic carbocycles. The molecule has 1 aliphatic rings. The Labute approximate surface area is 31.8 Å². The third kappa shape index (κ3) is 0.652. The highest BCUT2D eigenvalue weighted by molar-refractivity contribution is 9.33. The Balaban J connectivity index is 2.79. The van der Waals surface area contributed by atoms with Crippen molar-refractivity contribution >= 4 is 26.6 Å². The maximum atomic E-state index is 8.17. The van der Waals surface area contributed by atoms with Crippen LogP contribution >= 0.6 is 17.4 Å². The van der Waals surface area contributed by atoms with E-state index >= 15 is 0 Å². The van der Waals surface area contributed by atoms with Gasteiger partial charge in [-0.25, -0.2) is 19.6 Å². The quantitative estimate of drug-likeness (QED) is 0.203. The molecule has 0 N–H and O–H groups in total. The summed E-state index contributed by atoms with van der Waals surface area (Å²) in [6.07, 6.45) is 0. The highest BCUT2D eigenvalue weighted by atomic mass is 33.8. The largest absolute Gasteiger partial charge is 0.416 e. The lowest BCUT2D eigenvalue weighted by molar-refractivity contribution is 1.66. The molecular weight excluding hydrogens is 109 g/mol. The first-order valence-electron chi connectivity index (χ1n) is 0.757. The summed E-state index contributed by atoms with van der Waals surface area (Å²) in [5.41, 5.74) is 0. The van der Waals surface area contributed by atoms with Crippen LogP contribution in [0.15, 0.2) is 0 Å². The molecule has 1 nitrogen and oxygen atoms in total. The van der Waals surface area contributed by atoms with E-state index in [-0.39, 0.29) is 9.18 Å². The van der Waals surface area contributed by atoms with Gasteiger partial charge in [-0.3, -0.25) is 0 Å². The second-order valence-corrected chi connectivity index (χ2v) is 8.24. The lowest BCUT2D eigenvalue weighted by Crippen LogP contribution is -1.04. The molecule has 1 heterocycles. The van der Waals surface area contributed by atoms with Crippen molar-refractivity contribution in [1.29, 1.82) is 4.61 Å². The minimum absolute atomic E-state index is 0.167. The summed E-state index contributed by atoms with van der Waals surface area (Å²) in [5.74, 6) is 0. The van der Waals surface area contributed by atoms with Gasteiger partial charge in [0.05, 0.1) is 0 Å². The van der Waals surface area contributed by atoms with Gasteiger partial charge in [0.2, 0.25) is 0 Å². The molecule has 4 heteroatoms. The average Bonchev–Trinajstić information content (AvgIpc) is 1.75. The zero-order valence-electron chi connectivity index (χ0n) is 1.76. The van der Waals surface area contributed by atoms with Gasteiger partial charge in [0.1, 0.15) is 0 Å². The predicted octanol–water partition coefficient (Wildman–Crippen LogP) is 1.25. The van der Waals surface area contributed by atoms with Crippen molar-refractivity contribution in [2.75, 3.05) is 0 Å². The van der Waals surface area contributed by atoms with Crippen molar-refractivity contribution in [3.05, 3.63) is 0 Å². The molecule has 24 valence electrons. The third-order valence-corrected chi connectivity index (χ3v) is 4.26. The Morgan fingerprint density at radius 2 is 2.25 bits per heavy atom. The molecule has 0 bridgehead atoms. The molecule has 1 rings (SSSR count). The van der Waals surface area contributed by atoms with E-state index in [1.165, 1.54) is 0 Å². The summed E-state index contributed by atoms with van der Waals surface area (Å²) < 4.78 is 8.17. The van der Waals surface area contributed by atoms with Crippen LogP contribution in [-0.2, 0) is 9.18 Å². The van der Waals surface area contributed by atoms with Crippen LogP contribution in [0, 0.1) is 4.61 Å². The lowest BCUT2D eigenvalue weighted by Gasteiger charge is -1.45. The smallest absolute Gasteiger partial charge is 0.155 e. The monoisotopic (exact) mass is 110 g/mol. The van der Waals surface area contributed by atoms with Crippen LogP contribution in [0.2, 0.25) is 0 Å². The zero-order chi connectivity index (χ0) is 2.99. The van der Waals surface area contributed by atoms with Crippen molar-refractivity contribution in [1.82, 2.24) is 0 Å². The summed E-state index contributed by atoms with van der Waals surface area (Å²) in [4.78, 5) is 0.